The summed E-state index contributed by atoms with van der Waals surface area (Å²) >= 11 is 1.51. The fraction of sp³-hybridized carbons (Fsp3) is 0.211. The van der Waals surface area contributed by atoms with Crippen LogP contribution in [0.25, 0.3) is 10.7 Å². The van der Waals surface area contributed by atoms with E-state index < -0.39 is 17.6 Å². The van der Waals surface area contributed by atoms with Crippen LogP contribution in [0.4, 0.5) is 13.2 Å². The lowest BCUT2D eigenvalue weighted by Gasteiger charge is -2.08. The Morgan fingerprint density at radius 3 is 2.52 bits per heavy atom. The minimum Gasteiger partial charge on any atom is -0.352 e. The van der Waals surface area contributed by atoms with Crippen LogP contribution in [0.5, 0.6) is 0 Å². The molecule has 0 unspecified atom stereocenters. The molecule has 1 aromatic carbocycles. The fourth-order valence-electron chi connectivity index (χ4n) is 2.46. The molecular formula is C19H16F3N3OS. The monoisotopic (exact) mass is 391 g/mol. The first-order valence-electron chi connectivity index (χ1n) is 8.18. The van der Waals surface area contributed by atoms with Gasteiger partial charge in [0.05, 0.1) is 17.0 Å². The van der Waals surface area contributed by atoms with Crippen LogP contribution in [0, 0.1) is 6.92 Å². The van der Waals surface area contributed by atoms with Crippen LogP contribution in [0.3, 0.4) is 0 Å². The predicted octanol–water partition coefficient (Wildman–Crippen LogP) is 4.50. The van der Waals surface area contributed by atoms with E-state index in [9.17, 15) is 18.0 Å². The molecule has 0 bridgehead atoms. The van der Waals surface area contributed by atoms with Crippen molar-refractivity contribution in [3.05, 3.63) is 70.4 Å². The van der Waals surface area contributed by atoms with E-state index >= 15 is 0 Å². The number of aryl methyl sites for hydroxylation is 1. The van der Waals surface area contributed by atoms with Crippen LogP contribution in [0.2, 0.25) is 0 Å². The number of nitrogens with one attached hydrogen (secondary N) is 1. The van der Waals surface area contributed by atoms with Crippen LogP contribution in [-0.2, 0) is 12.6 Å². The molecule has 0 spiro atoms. The van der Waals surface area contributed by atoms with E-state index in [0.717, 1.165) is 33.4 Å². The van der Waals surface area contributed by atoms with Crippen LogP contribution in [0.1, 0.15) is 26.5 Å². The number of rotatable bonds is 5. The van der Waals surface area contributed by atoms with Crippen molar-refractivity contribution in [3.63, 3.8) is 0 Å². The molecule has 2 aromatic heterocycles. The van der Waals surface area contributed by atoms with Gasteiger partial charge in [-0.05, 0) is 43.3 Å². The second kappa shape index (κ2) is 7.87. The number of alkyl halides is 3. The molecule has 140 valence electrons. The van der Waals surface area contributed by atoms with E-state index in [1.54, 1.807) is 6.20 Å². The van der Waals surface area contributed by atoms with Crippen molar-refractivity contribution in [1.82, 2.24) is 15.3 Å². The predicted molar refractivity (Wildman–Crippen MR) is 97.6 cm³/mol. The van der Waals surface area contributed by atoms with Gasteiger partial charge in [-0.15, -0.1) is 11.3 Å². The topological polar surface area (TPSA) is 54.9 Å². The van der Waals surface area contributed by atoms with Crippen LogP contribution in [-0.4, -0.2) is 22.4 Å². The molecule has 0 aliphatic heterocycles. The third-order valence-electron chi connectivity index (χ3n) is 3.89. The Morgan fingerprint density at radius 2 is 1.89 bits per heavy atom. The molecule has 0 atom stereocenters. The second-order valence-electron chi connectivity index (χ2n) is 5.82. The summed E-state index contributed by atoms with van der Waals surface area (Å²) in [5.74, 6) is -0.407. The lowest BCUT2D eigenvalue weighted by molar-refractivity contribution is -0.137. The van der Waals surface area contributed by atoms with Gasteiger partial charge >= 0.3 is 6.18 Å². The minimum absolute atomic E-state index is 0.193. The number of carbonyl (C=O) groups is 1. The minimum atomic E-state index is -4.41. The first kappa shape index (κ1) is 19.0. The second-order valence-corrected chi connectivity index (χ2v) is 6.91. The maximum absolute atomic E-state index is 12.6. The molecule has 4 nitrogen and oxygen atoms in total. The highest BCUT2D eigenvalue weighted by Crippen LogP contribution is 2.29. The average Bonchev–Trinajstić information content (AvgIpc) is 3.02. The van der Waals surface area contributed by atoms with Gasteiger partial charge in [0.1, 0.15) is 5.01 Å². The molecular weight excluding hydrogens is 375 g/mol. The summed E-state index contributed by atoms with van der Waals surface area (Å²) in [7, 11) is 0. The zero-order chi connectivity index (χ0) is 19.4. The van der Waals surface area contributed by atoms with Crippen molar-refractivity contribution in [2.45, 2.75) is 19.5 Å². The first-order valence-corrected chi connectivity index (χ1v) is 8.99. The fourth-order valence-corrected chi connectivity index (χ4v) is 3.50. The molecule has 0 saturated heterocycles. The van der Waals surface area contributed by atoms with Gasteiger partial charge in [0.2, 0.25) is 0 Å². The third-order valence-corrected chi connectivity index (χ3v) is 5.13. The number of hydrogen-bond acceptors (Lipinski definition) is 4. The van der Waals surface area contributed by atoms with Gasteiger partial charge in [0, 0.05) is 29.6 Å². The Bertz CT molecular complexity index is 922. The van der Waals surface area contributed by atoms with E-state index in [0.29, 0.717) is 13.0 Å². The summed E-state index contributed by atoms with van der Waals surface area (Å²) in [4.78, 5) is 21.9. The maximum atomic E-state index is 12.6. The van der Waals surface area contributed by atoms with Crippen molar-refractivity contribution in [2.24, 2.45) is 0 Å². The Morgan fingerprint density at radius 1 is 1.15 bits per heavy atom. The number of hydrogen-bond donors (Lipinski definition) is 1. The van der Waals surface area contributed by atoms with Crippen LogP contribution in [0.15, 0.2) is 48.7 Å². The Balaban J connectivity index is 1.58. The quantitative estimate of drug-likeness (QED) is 0.697. The van der Waals surface area contributed by atoms with Crippen molar-refractivity contribution in [1.29, 1.82) is 0 Å². The molecule has 8 heteroatoms. The standard InChI is InChI=1S/C19H16F3N3OS/c1-12-16(27-18(25-12)15-4-2-3-10-23-15)9-11-24-17(26)13-5-7-14(8-6-13)19(20,21)22/h2-8,10H,9,11H2,1H3,(H,24,26). The van der Waals surface area contributed by atoms with Crippen molar-refractivity contribution < 1.29 is 18.0 Å². The molecule has 0 radical (unpaired) electrons. The van der Waals surface area contributed by atoms with Crippen molar-refractivity contribution in [2.75, 3.05) is 6.54 Å². The van der Waals surface area contributed by atoms with Gasteiger partial charge in [-0.3, -0.25) is 9.78 Å². The number of benzene rings is 1. The lowest BCUT2D eigenvalue weighted by atomic mass is 10.1. The van der Waals surface area contributed by atoms with Crippen molar-refractivity contribution in [3.8, 4) is 10.7 Å². The zero-order valence-corrected chi connectivity index (χ0v) is 15.2. The normalized spacial score (nSPS) is 11.4. The van der Waals surface area contributed by atoms with Gasteiger partial charge in [0.25, 0.3) is 5.91 Å². The molecule has 0 aliphatic carbocycles. The number of pyridine rings is 1. The SMILES string of the molecule is Cc1nc(-c2ccccn2)sc1CCNC(=O)c1ccc(C(F)(F)F)cc1. The molecule has 27 heavy (non-hydrogen) atoms. The Hall–Kier alpha value is -2.74. The number of amides is 1. The smallest absolute Gasteiger partial charge is 0.352 e. The Labute approximate surface area is 158 Å². The molecule has 0 aliphatic rings. The zero-order valence-electron chi connectivity index (χ0n) is 14.4. The molecule has 0 saturated carbocycles. The Kier molecular flexibility index (Phi) is 5.55. The van der Waals surface area contributed by atoms with Gasteiger partial charge < -0.3 is 5.32 Å². The number of thiazole rings is 1. The molecule has 0 fully saturated rings. The molecule has 1 amide bonds. The summed E-state index contributed by atoms with van der Waals surface area (Å²) in [5, 5.41) is 3.54. The number of carbonyl (C=O) groups excluding carboxylic acids is 1. The lowest BCUT2D eigenvalue weighted by Crippen LogP contribution is -2.25. The third kappa shape index (κ3) is 4.71. The van der Waals surface area contributed by atoms with E-state index in [1.165, 1.54) is 23.5 Å². The summed E-state index contributed by atoms with van der Waals surface area (Å²) in [6.07, 6.45) is -2.12. The van der Waals surface area contributed by atoms with Crippen LogP contribution < -0.4 is 5.32 Å². The van der Waals surface area contributed by atoms with Crippen molar-refractivity contribution >= 4 is 17.2 Å². The highest BCUT2D eigenvalue weighted by Gasteiger charge is 2.30. The molecule has 3 aromatic rings. The average molecular weight is 391 g/mol. The van der Waals surface area contributed by atoms with E-state index in [-0.39, 0.29) is 5.56 Å². The molecule has 3 rings (SSSR count). The highest BCUT2D eigenvalue weighted by atomic mass is 32.1. The summed E-state index contributed by atoms with van der Waals surface area (Å²) in [5.41, 5.74) is 1.09. The van der Waals surface area contributed by atoms with Gasteiger partial charge in [-0.25, -0.2) is 4.98 Å². The van der Waals surface area contributed by atoms with E-state index in [1.807, 2.05) is 25.1 Å². The largest absolute Gasteiger partial charge is 0.416 e. The summed E-state index contributed by atoms with van der Waals surface area (Å²) in [6.45, 7) is 2.26. The molecule has 2 heterocycles. The van der Waals surface area contributed by atoms with E-state index in [4.69, 9.17) is 0 Å². The van der Waals surface area contributed by atoms with E-state index in [2.05, 4.69) is 15.3 Å². The number of nitrogens with zero attached hydrogens (tertiary/aromatic N) is 2. The van der Waals surface area contributed by atoms with Gasteiger partial charge in [-0.2, -0.15) is 13.2 Å². The van der Waals surface area contributed by atoms with Gasteiger partial charge in [-0.1, -0.05) is 6.07 Å². The maximum Gasteiger partial charge on any atom is 0.416 e. The number of aromatic nitrogens is 2. The first-order chi connectivity index (χ1) is 12.8. The summed E-state index contributed by atoms with van der Waals surface area (Å²) < 4.78 is 37.7. The summed E-state index contributed by atoms with van der Waals surface area (Å²) in [6, 6.07) is 9.77. The molecule has 1 N–H and O–H groups in total. The number of halogens is 3. The highest BCUT2D eigenvalue weighted by molar-refractivity contribution is 7.15. The van der Waals surface area contributed by atoms with Gasteiger partial charge in [0.15, 0.2) is 0 Å². The van der Waals surface area contributed by atoms with Crippen LogP contribution >= 0.6 is 11.3 Å².